The summed E-state index contributed by atoms with van der Waals surface area (Å²) in [6, 6.07) is 3.94. The number of rotatable bonds is 1. The number of benzene rings is 1. The van der Waals surface area contributed by atoms with Gasteiger partial charge in [-0.15, -0.1) is 0 Å². The Morgan fingerprint density at radius 2 is 1.44 bits per heavy atom. The average molecular weight is 362 g/mol. The molecule has 0 saturated heterocycles. The lowest BCUT2D eigenvalue weighted by molar-refractivity contribution is -0.113. The molecule has 0 radical (unpaired) electrons. The van der Waals surface area contributed by atoms with E-state index < -0.39 is 0 Å². The Kier molecular flexibility index (Phi) is 6.68. The predicted molar refractivity (Wildman–Crippen MR) is 111 cm³/mol. The van der Waals surface area contributed by atoms with Crippen molar-refractivity contribution in [2.45, 2.75) is 73.1 Å². The second-order valence-corrected chi connectivity index (χ2v) is 9.25. The molecule has 25 heavy (non-hydrogen) atoms. The molecule has 0 aromatic heterocycles. The third-order valence-corrected chi connectivity index (χ3v) is 4.67. The molecule has 3 nitrogen and oxygen atoms in total. The Balaban J connectivity index is 0.00000151. The van der Waals surface area contributed by atoms with Gasteiger partial charge in [0.05, 0.1) is 9.95 Å². The molecule has 1 aromatic rings. The van der Waals surface area contributed by atoms with Crippen LogP contribution in [0.3, 0.4) is 0 Å². The van der Waals surface area contributed by atoms with Crippen LogP contribution in [0, 0.1) is 0 Å². The normalized spacial score (nSPS) is 16.6. The van der Waals surface area contributed by atoms with Gasteiger partial charge in [-0.05, 0) is 41.5 Å². The molecule has 0 aliphatic carbocycles. The van der Waals surface area contributed by atoms with Crippen LogP contribution in [0.1, 0.15) is 79.0 Å². The van der Waals surface area contributed by atoms with Gasteiger partial charge in [-0.25, -0.2) is 4.99 Å². The maximum absolute atomic E-state index is 11.9. The largest absolute Gasteiger partial charge is 0.507 e. The van der Waals surface area contributed by atoms with Crippen LogP contribution in [-0.2, 0) is 15.6 Å². The summed E-state index contributed by atoms with van der Waals surface area (Å²) < 4.78 is 0. The number of carbonyl (C=O) groups is 1. The SMILES string of the molecule is CC.CC1=NC(=O)/C(=C/c2cc(C(C)(C)C)c(O)c(C(C)(C)C)c2)S1. The van der Waals surface area contributed by atoms with Crippen LogP contribution in [0.5, 0.6) is 5.75 Å². The summed E-state index contributed by atoms with van der Waals surface area (Å²) in [5, 5.41) is 11.5. The van der Waals surface area contributed by atoms with Crippen LogP contribution < -0.4 is 0 Å². The Bertz CT molecular complexity index is 681. The van der Waals surface area contributed by atoms with Gasteiger partial charge >= 0.3 is 0 Å². The first-order valence-corrected chi connectivity index (χ1v) is 9.58. The van der Waals surface area contributed by atoms with Gasteiger partial charge in [-0.1, -0.05) is 67.2 Å². The van der Waals surface area contributed by atoms with E-state index >= 15 is 0 Å². The third kappa shape index (κ3) is 5.21. The number of carbonyl (C=O) groups excluding carboxylic acids is 1. The molecule has 0 fully saturated rings. The summed E-state index contributed by atoms with van der Waals surface area (Å²) >= 11 is 1.40. The number of phenolic OH excluding ortho intramolecular Hbond substituents is 1. The van der Waals surface area contributed by atoms with E-state index in [-0.39, 0.29) is 16.7 Å². The molecule has 0 bridgehead atoms. The average Bonchev–Trinajstić information content (AvgIpc) is 2.78. The van der Waals surface area contributed by atoms with E-state index in [0.717, 1.165) is 21.7 Å². The van der Waals surface area contributed by atoms with Gasteiger partial charge in [0.15, 0.2) is 0 Å². The van der Waals surface area contributed by atoms with Crippen molar-refractivity contribution >= 4 is 28.8 Å². The van der Waals surface area contributed by atoms with E-state index in [9.17, 15) is 9.90 Å². The van der Waals surface area contributed by atoms with Gasteiger partial charge in [-0.2, -0.15) is 0 Å². The van der Waals surface area contributed by atoms with E-state index in [2.05, 4.69) is 46.5 Å². The summed E-state index contributed by atoms with van der Waals surface area (Å²) in [5.74, 6) is 0.167. The van der Waals surface area contributed by atoms with Crippen molar-refractivity contribution < 1.29 is 9.90 Å². The van der Waals surface area contributed by atoms with Gasteiger partial charge in [0.1, 0.15) is 5.75 Å². The molecule has 1 heterocycles. The van der Waals surface area contributed by atoms with Gasteiger partial charge in [0.2, 0.25) is 0 Å². The Hall–Kier alpha value is -1.55. The van der Waals surface area contributed by atoms with Crippen molar-refractivity contribution in [3.05, 3.63) is 33.7 Å². The lowest BCUT2D eigenvalue weighted by Gasteiger charge is -2.28. The van der Waals surface area contributed by atoms with E-state index in [4.69, 9.17) is 0 Å². The standard InChI is InChI=1S/C19H25NO2S.C2H6/c1-11-20-17(22)15(23-11)10-12-8-13(18(2,3)4)16(21)14(9-12)19(5,6)7;1-2/h8-10,21H,1-7H3;1-2H3/b15-10-;. The number of hydrogen-bond donors (Lipinski definition) is 1. The Labute approximate surface area is 156 Å². The maximum Gasteiger partial charge on any atom is 0.284 e. The zero-order valence-electron chi connectivity index (χ0n) is 16.9. The minimum Gasteiger partial charge on any atom is -0.507 e. The highest BCUT2D eigenvalue weighted by molar-refractivity contribution is 8.18. The highest BCUT2D eigenvalue weighted by Crippen LogP contribution is 2.40. The summed E-state index contributed by atoms with van der Waals surface area (Å²) in [4.78, 5) is 16.5. The zero-order valence-corrected chi connectivity index (χ0v) is 17.8. The van der Waals surface area contributed by atoms with Crippen molar-refractivity contribution in [1.29, 1.82) is 0 Å². The van der Waals surface area contributed by atoms with Gasteiger partial charge in [0.25, 0.3) is 5.91 Å². The minimum atomic E-state index is -0.185. The first-order valence-electron chi connectivity index (χ1n) is 8.77. The number of hydrogen-bond acceptors (Lipinski definition) is 3. The molecule has 0 unspecified atom stereocenters. The molecule has 1 N–H and O–H groups in total. The number of phenols is 1. The fourth-order valence-corrected chi connectivity index (χ4v) is 3.32. The van der Waals surface area contributed by atoms with Crippen LogP contribution in [0.15, 0.2) is 22.0 Å². The van der Waals surface area contributed by atoms with Crippen LogP contribution in [0.2, 0.25) is 0 Å². The quantitative estimate of drug-likeness (QED) is 0.620. The third-order valence-electron chi connectivity index (χ3n) is 3.77. The van der Waals surface area contributed by atoms with Gasteiger partial charge in [-0.3, -0.25) is 4.79 Å². The second kappa shape index (κ2) is 7.77. The molecule has 138 valence electrons. The van der Waals surface area contributed by atoms with Crippen LogP contribution in [0.4, 0.5) is 0 Å². The fourth-order valence-electron chi connectivity index (χ4n) is 2.55. The lowest BCUT2D eigenvalue weighted by atomic mass is 9.78. The molecule has 0 saturated carbocycles. The molecule has 1 amide bonds. The van der Waals surface area contributed by atoms with Crippen molar-refractivity contribution in [3.8, 4) is 5.75 Å². The minimum absolute atomic E-state index is 0.183. The fraction of sp³-hybridized carbons (Fsp3) is 0.524. The molecular weight excluding hydrogens is 330 g/mol. The highest BCUT2D eigenvalue weighted by Gasteiger charge is 2.27. The van der Waals surface area contributed by atoms with Crippen molar-refractivity contribution in [1.82, 2.24) is 0 Å². The van der Waals surface area contributed by atoms with Crippen LogP contribution in [-0.4, -0.2) is 16.1 Å². The lowest BCUT2D eigenvalue weighted by Crippen LogP contribution is -2.17. The van der Waals surface area contributed by atoms with E-state index in [1.165, 1.54) is 11.8 Å². The highest BCUT2D eigenvalue weighted by atomic mass is 32.2. The maximum atomic E-state index is 11.9. The smallest absolute Gasteiger partial charge is 0.284 e. The van der Waals surface area contributed by atoms with E-state index in [0.29, 0.717) is 10.7 Å². The predicted octanol–water partition coefficient (Wildman–Crippen LogP) is 6.05. The Morgan fingerprint density at radius 3 is 1.76 bits per heavy atom. The van der Waals surface area contributed by atoms with Crippen molar-refractivity contribution in [2.75, 3.05) is 0 Å². The number of amides is 1. The van der Waals surface area contributed by atoms with Crippen LogP contribution >= 0.6 is 11.8 Å². The molecule has 0 atom stereocenters. The monoisotopic (exact) mass is 361 g/mol. The summed E-state index contributed by atoms with van der Waals surface area (Å²) in [7, 11) is 0. The zero-order chi connectivity index (χ0) is 19.6. The van der Waals surface area contributed by atoms with Gasteiger partial charge in [0, 0.05) is 11.1 Å². The number of aromatic hydroxyl groups is 1. The van der Waals surface area contributed by atoms with E-state index in [1.54, 1.807) is 0 Å². The molecule has 2 rings (SSSR count). The summed E-state index contributed by atoms with van der Waals surface area (Å²) in [6.45, 7) is 18.3. The second-order valence-electron chi connectivity index (χ2n) is 8.01. The van der Waals surface area contributed by atoms with Crippen molar-refractivity contribution in [2.24, 2.45) is 4.99 Å². The van der Waals surface area contributed by atoms with E-state index in [1.807, 2.05) is 39.0 Å². The molecule has 4 heteroatoms. The summed E-state index contributed by atoms with van der Waals surface area (Å²) in [5.41, 5.74) is 2.35. The topological polar surface area (TPSA) is 49.7 Å². The number of thioether (sulfide) groups is 1. The molecule has 1 aliphatic heterocycles. The molecule has 1 aliphatic rings. The molecule has 0 spiro atoms. The number of aliphatic imine (C=N–C) groups is 1. The van der Waals surface area contributed by atoms with Gasteiger partial charge < -0.3 is 5.11 Å². The first-order chi connectivity index (χ1) is 11.4. The molecule has 1 aromatic carbocycles. The van der Waals surface area contributed by atoms with Crippen LogP contribution in [0.25, 0.3) is 6.08 Å². The molecular formula is C21H31NO2S. The Morgan fingerprint density at radius 1 is 1.00 bits per heavy atom. The number of nitrogens with zero attached hydrogens (tertiary/aromatic N) is 1. The van der Waals surface area contributed by atoms with Crippen molar-refractivity contribution in [3.63, 3.8) is 0 Å². The summed E-state index contributed by atoms with van der Waals surface area (Å²) in [6.07, 6.45) is 1.87. The first kappa shape index (κ1) is 21.5.